The maximum Gasteiger partial charge on any atom is 0.350 e. The number of phenolic OH excluding ortho intramolecular Hbond substituents is 1. The second-order valence-electron chi connectivity index (χ2n) is 2.08. The van der Waals surface area contributed by atoms with Gasteiger partial charge in [-0.15, -0.1) is 0 Å². The lowest BCUT2D eigenvalue weighted by Crippen LogP contribution is -1.98. The first-order chi connectivity index (χ1) is 5.74. The minimum absolute atomic E-state index is 0.135. The normalized spacial score (nSPS) is 9.42. The highest BCUT2D eigenvalue weighted by Crippen LogP contribution is 2.12. The predicted octanol–water partition coefficient (Wildman–Crippen LogP) is 1.83. The fourth-order valence-corrected chi connectivity index (χ4v) is 0.969. The molecule has 0 bridgehead atoms. The third-order valence-corrected chi connectivity index (χ3v) is 1.58. The van der Waals surface area contributed by atoms with E-state index >= 15 is 0 Å². The molecule has 0 spiro atoms. The second-order valence-corrected chi connectivity index (χ2v) is 2.58. The van der Waals surface area contributed by atoms with Crippen molar-refractivity contribution in [3.8, 4) is 5.75 Å². The Labute approximate surface area is 74.6 Å². The number of rotatable bonds is 2. The fourth-order valence-electron chi connectivity index (χ4n) is 0.721. The highest BCUT2D eigenvalue weighted by molar-refractivity contribution is 7.94. The predicted molar refractivity (Wildman–Crippen MR) is 47.0 cm³/mol. The Bertz CT molecular complexity index is 268. The first kappa shape index (κ1) is 8.93. The molecule has 0 amide bonds. The molecular weight excluding hydrogens is 176 g/mol. The van der Waals surface area contributed by atoms with Gasteiger partial charge in [-0.2, -0.15) is 0 Å². The zero-order chi connectivity index (χ0) is 8.97. The molecule has 12 heavy (non-hydrogen) atoms. The van der Waals surface area contributed by atoms with E-state index in [1.807, 2.05) is 0 Å². The quantitative estimate of drug-likeness (QED) is 0.712. The molecule has 3 nitrogen and oxygen atoms in total. The monoisotopic (exact) mass is 184 g/mol. The van der Waals surface area contributed by atoms with E-state index in [-0.39, 0.29) is 5.75 Å². The standard InChI is InChI=1S/C8H8O3S/c1-12-11-8(10)6-2-4-7(9)5-3-6/h2-5,9H,1H3. The zero-order valence-electron chi connectivity index (χ0n) is 6.48. The van der Waals surface area contributed by atoms with Gasteiger partial charge in [0.25, 0.3) is 0 Å². The number of carbonyl (C=O) groups is 1. The van der Waals surface area contributed by atoms with E-state index < -0.39 is 5.97 Å². The average Bonchev–Trinajstić information content (AvgIpc) is 2.06. The van der Waals surface area contributed by atoms with Gasteiger partial charge in [-0.25, -0.2) is 4.79 Å². The number of aromatic hydroxyl groups is 1. The van der Waals surface area contributed by atoms with Crippen molar-refractivity contribution in [2.45, 2.75) is 0 Å². The summed E-state index contributed by atoms with van der Waals surface area (Å²) in [6, 6.07) is 5.90. The Morgan fingerprint density at radius 3 is 2.50 bits per heavy atom. The summed E-state index contributed by atoms with van der Waals surface area (Å²) in [5.74, 6) is -0.266. The number of phenols is 1. The first-order valence-electron chi connectivity index (χ1n) is 3.28. The van der Waals surface area contributed by atoms with Gasteiger partial charge in [-0.1, -0.05) is 0 Å². The van der Waals surface area contributed by atoms with Crippen LogP contribution in [0, 0.1) is 0 Å². The topological polar surface area (TPSA) is 46.5 Å². The van der Waals surface area contributed by atoms with Crippen LogP contribution in [0.3, 0.4) is 0 Å². The van der Waals surface area contributed by atoms with Gasteiger partial charge >= 0.3 is 5.97 Å². The van der Waals surface area contributed by atoms with Gasteiger partial charge in [0.15, 0.2) is 0 Å². The van der Waals surface area contributed by atoms with E-state index in [1.54, 1.807) is 6.26 Å². The van der Waals surface area contributed by atoms with Crippen LogP contribution in [-0.2, 0) is 4.18 Å². The molecule has 0 unspecified atom stereocenters. The fraction of sp³-hybridized carbons (Fsp3) is 0.125. The molecule has 0 aliphatic carbocycles. The molecular formula is C8H8O3S. The van der Waals surface area contributed by atoms with Crippen molar-refractivity contribution in [1.29, 1.82) is 0 Å². The summed E-state index contributed by atoms with van der Waals surface area (Å²) in [7, 11) is 0. The smallest absolute Gasteiger partial charge is 0.350 e. The summed E-state index contributed by atoms with van der Waals surface area (Å²) in [6.45, 7) is 0. The molecule has 1 aromatic carbocycles. The molecule has 0 aliphatic rings. The van der Waals surface area contributed by atoms with Gasteiger partial charge < -0.3 is 9.29 Å². The molecule has 0 saturated heterocycles. The molecule has 0 atom stereocenters. The van der Waals surface area contributed by atoms with E-state index in [0.717, 1.165) is 12.0 Å². The van der Waals surface area contributed by atoms with Gasteiger partial charge in [0.1, 0.15) is 5.75 Å². The molecule has 0 aromatic heterocycles. The minimum Gasteiger partial charge on any atom is -0.508 e. The van der Waals surface area contributed by atoms with Gasteiger partial charge in [0.2, 0.25) is 0 Å². The van der Waals surface area contributed by atoms with Crippen LogP contribution < -0.4 is 0 Å². The van der Waals surface area contributed by atoms with Gasteiger partial charge in [-0.3, -0.25) is 0 Å². The Hall–Kier alpha value is -1.16. The van der Waals surface area contributed by atoms with Crippen molar-refractivity contribution >= 4 is 18.0 Å². The van der Waals surface area contributed by atoms with Crippen LogP contribution in [0.15, 0.2) is 24.3 Å². The van der Waals surface area contributed by atoms with Crippen LogP contribution in [0.4, 0.5) is 0 Å². The third kappa shape index (κ3) is 2.17. The summed E-state index contributed by atoms with van der Waals surface area (Å²) >= 11 is 0.997. The van der Waals surface area contributed by atoms with Crippen LogP contribution in [0.2, 0.25) is 0 Å². The molecule has 4 heteroatoms. The summed E-state index contributed by atoms with van der Waals surface area (Å²) in [5.41, 5.74) is 0.433. The lowest BCUT2D eigenvalue weighted by molar-refractivity contribution is 0.0769. The lowest BCUT2D eigenvalue weighted by Gasteiger charge is -1.98. The van der Waals surface area contributed by atoms with E-state index in [4.69, 9.17) is 5.11 Å². The lowest BCUT2D eigenvalue weighted by atomic mass is 10.2. The number of hydrogen-bond donors (Lipinski definition) is 1. The molecule has 64 valence electrons. The van der Waals surface area contributed by atoms with Gasteiger partial charge in [0, 0.05) is 6.26 Å². The molecule has 0 saturated carbocycles. The molecule has 1 N–H and O–H groups in total. The van der Waals surface area contributed by atoms with Crippen molar-refractivity contribution in [2.75, 3.05) is 6.26 Å². The Morgan fingerprint density at radius 2 is 2.00 bits per heavy atom. The zero-order valence-corrected chi connectivity index (χ0v) is 7.30. The Balaban J connectivity index is 2.75. The van der Waals surface area contributed by atoms with Gasteiger partial charge in [-0.05, 0) is 24.3 Å². The molecule has 1 aromatic rings. The van der Waals surface area contributed by atoms with Crippen LogP contribution >= 0.6 is 12.0 Å². The van der Waals surface area contributed by atoms with Crippen LogP contribution in [0.25, 0.3) is 0 Å². The van der Waals surface area contributed by atoms with Crippen molar-refractivity contribution in [2.24, 2.45) is 0 Å². The maximum absolute atomic E-state index is 11.0. The molecule has 1 rings (SSSR count). The van der Waals surface area contributed by atoms with Crippen molar-refractivity contribution in [1.82, 2.24) is 0 Å². The largest absolute Gasteiger partial charge is 0.508 e. The molecule has 0 aliphatic heterocycles. The van der Waals surface area contributed by atoms with E-state index in [2.05, 4.69) is 4.18 Å². The average molecular weight is 184 g/mol. The van der Waals surface area contributed by atoms with Crippen molar-refractivity contribution < 1.29 is 14.1 Å². The number of hydrogen-bond acceptors (Lipinski definition) is 4. The Morgan fingerprint density at radius 1 is 1.42 bits per heavy atom. The number of benzene rings is 1. The summed E-state index contributed by atoms with van der Waals surface area (Å²) in [5, 5.41) is 8.91. The van der Waals surface area contributed by atoms with Gasteiger partial charge in [0.05, 0.1) is 17.6 Å². The van der Waals surface area contributed by atoms with E-state index in [9.17, 15) is 4.79 Å². The van der Waals surface area contributed by atoms with E-state index in [1.165, 1.54) is 24.3 Å². The van der Waals surface area contributed by atoms with Crippen molar-refractivity contribution in [3.63, 3.8) is 0 Å². The molecule has 0 fully saturated rings. The highest BCUT2D eigenvalue weighted by atomic mass is 32.2. The summed E-state index contributed by atoms with van der Waals surface area (Å²) < 4.78 is 4.66. The van der Waals surface area contributed by atoms with E-state index in [0.29, 0.717) is 5.56 Å². The van der Waals surface area contributed by atoms with Crippen molar-refractivity contribution in [3.05, 3.63) is 29.8 Å². The second kappa shape index (κ2) is 4.01. The first-order valence-corrected chi connectivity index (χ1v) is 4.43. The third-order valence-electron chi connectivity index (χ3n) is 1.26. The van der Waals surface area contributed by atoms with Crippen LogP contribution in [0.5, 0.6) is 5.75 Å². The van der Waals surface area contributed by atoms with Crippen LogP contribution in [0.1, 0.15) is 10.4 Å². The summed E-state index contributed by atoms with van der Waals surface area (Å²) in [6.07, 6.45) is 1.66. The minimum atomic E-state index is -0.400. The maximum atomic E-state index is 11.0. The molecule has 0 radical (unpaired) electrons. The Kier molecular flexibility index (Phi) is 2.99. The van der Waals surface area contributed by atoms with Crippen LogP contribution in [-0.4, -0.2) is 17.3 Å². The summed E-state index contributed by atoms with van der Waals surface area (Å²) in [4.78, 5) is 11.0. The highest BCUT2D eigenvalue weighted by Gasteiger charge is 2.05. The molecule has 0 heterocycles. The SMILES string of the molecule is CSOC(=O)c1ccc(O)cc1. The number of carbonyl (C=O) groups excluding carboxylic acids is 1.